The van der Waals surface area contributed by atoms with Gasteiger partial charge in [-0.1, -0.05) is 380 Å². The number of para-hydroxylation sites is 5. The van der Waals surface area contributed by atoms with Crippen LogP contribution in [0.15, 0.2) is 431 Å². The molecule has 25 rings (SSSR count). The highest BCUT2D eigenvalue weighted by Crippen LogP contribution is 2.53. The Morgan fingerprint density at radius 3 is 0.909 bits per heavy atom. The Kier molecular flexibility index (Phi) is 16.7. The molecular formula is C118H83N3. The summed E-state index contributed by atoms with van der Waals surface area (Å²) >= 11 is 0. The Morgan fingerprint density at radius 2 is 0.455 bits per heavy atom. The quantitative estimate of drug-likeness (QED) is 0.144. The molecule has 3 aromatic heterocycles. The van der Waals surface area contributed by atoms with Crippen LogP contribution in [-0.2, 0) is 10.8 Å². The maximum atomic E-state index is 2.49. The molecule has 0 radical (unpaired) electrons. The topological polar surface area (TPSA) is 14.8 Å². The van der Waals surface area contributed by atoms with Gasteiger partial charge in [-0.05, 0) is 206 Å². The number of nitrogens with zero attached hydrogens (tertiary/aromatic N) is 3. The number of rotatable bonds is 8. The van der Waals surface area contributed by atoms with E-state index in [9.17, 15) is 0 Å². The van der Waals surface area contributed by atoms with E-state index >= 15 is 0 Å². The van der Waals surface area contributed by atoms with Crippen LogP contribution in [0.25, 0.3) is 203 Å². The van der Waals surface area contributed by atoms with Crippen molar-refractivity contribution in [3.63, 3.8) is 0 Å². The summed E-state index contributed by atoms with van der Waals surface area (Å²) in [5, 5.41) is 17.9. The van der Waals surface area contributed by atoms with Crippen LogP contribution in [0.4, 0.5) is 0 Å². The summed E-state index contributed by atoms with van der Waals surface area (Å²) in [5.74, 6) is 0. The predicted molar refractivity (Wildman–Crippen MR) is 515 cm³/mol. The number of aromatic nitrogens is 3. The summed E-state index contributed by atoms with van der Waals surface area (Å²) in [6, 6.07) is 158. The van der Waals surface area contributed by atoms with E-state index in [1.807, 2.05) is 0 Å². The van der Waals surface area contributed by atoms with Crippen molar-refractivity contribution >= 4 is 109 Å². The fourth-order valence-electron chi connectivity index (χ4n) is 20.6. The highest BCUT2D eigenvalue weighted by Gasteiger charge is 2.37. The van der Waals surface area contributed by atoms with E-state index < -0.39 is 0 Å². The monoisotopic (exact) mass is 1540 g/mol. The molecule has 0 unspecified atom stereocenters. The van der Waals surface area contributed by atoms with E-state index in [0.717, 1.165) is 0 Å². The lowest BCUT2D eigenvalue weighted by Gasteiger charge is -2.22. The minimum absolute atomic E-state index is 0.00483. The van der Waals surface area contributed by atoms with Crippen molar-refractivity contribution in [2.24, 2.45) is 0 Å². The number of hydrogen-bond donors (Lipinski definition) is 0. The Bertz CT molecular complexity index is 8090. The molecule has 0 bridgehead atoms. The van der Waals surface area contributed by atoms with Crippen LogP contribution < -0.4 is 0 Å². The second kappa shape index (κ2) is 28.3. The van der Waals surface area contributed by atoms with Gasteiger partial charge < -0.3 is 13.7 Å². The van der Waals surface area contributed by atoms with Crippen molar-refractivity contribution in [3.05, 3.63) is 453 Å². The van der Waals surface area contributed by atoms with Gasteiger partial charge in [0.25, 0.3) is 0 Å². The third kappa shape index (κ3) is 11.4. The maximum absolute atomic E-state index is 2.49. The van der Waals surface area contributed by atoms with E-state index in [0.29, 0.717) is 0 Å². The molecule has 0 fully saturated rings. The summed E-state index contributed by atoms with van der Waals surface area (Å²) in [5.41, 5.74) is 34.6. The molecule has 20 aromatic carbocycles. The molecule has 23 aromatic rings. The highest BCUT2D eigenvalue weighted by atomic mass is 15.0. The largest absolute Gasteiger partial charge is 0.309 e. The predicted octanol–water partition coefficient (Wildman–Crippen LogP) is 31.9. The maximum Gasteiger partial charge on any atom is 0.0619 e. The number of fused-ring (bicyclic) bond motifs is 22. The molecule has 3 heteroatoms. The van der Waals surface area contributed by atoms with Crippen LogP contribution in [0.5, 0.6) is 0 Å². The highest BCUT2D eigenvalue weighted by molar-refractivity contribution is 6.25. The van der Waals surface area contributed by atoms with Crippen LogP contribution >= 0.6 is 0 Å². The molecule has 0 saturated carbocycles. The molecule has 0 saturated heterocycles. The summed E-state index contributed by atoms with van der Waals surface area (Å²) in [4.78, 5) is 0. The van der Waals surface area contributed by atoms with Gasteiger partial charge in [0.05, 0.1) is 33.1 Å². The van der Waals surface area contributed by atoms with E-state index in [2.05, 4.69) is 472 Å². The summed E-state index contributed by atoms with van der Waals surface area (Å²) in [6.45, 7) is 9.41. The minimum Gasteiger partial charge on any atom is -0.309 e. The van der Waals surface area contributed by atoms with Gasteiger partial charge >= 0.3 is 0 Å². The smallest absolute Gasteiger partial charge is 0.0619 e. The molecule has 570 valence electrons. The third-order valence-electron chi connectivity index (χ3n) is 26.4. The Labute approximate surface area is 703 Å². The fourth-order valence-corrected chi connectivity index (χ4v) is 20.6. The average Bonchev–Trinajstić information content (AvgIpc) is 1.67. The molecule has 2 aliphatic carbocycles. The molecule has 121 heavy (non-hydrogen) atoms. The Morgan fingerprint density at radius 1 is 0.157 bits per heavy atom. The van der Waals surface area contributed by atoms with Gasteiger partial charge in [-0.2, -0.15) is 0 Å². The van der Waals surface area contributed by atoms with Gasteiger partial charge in [0, 0.05) is 76.4 Å². The second-order valence-electron chi connectivity index (χ2n) is 33.7. The van der Waals surface area contributed by atoms with Crippen molar-refractivity contribution in [1.82, 2.24) is 13.7 Å². The molecule has 3 nitrogen and oxygen atoms in total. The Balaban J connectivity index is 0.000000106. The molecule has 0 spiro atoms. The SMILES string of the molecule is CC1(C)c2ccccc2-c2ccc(-c3ccc(-c4cc5c6ccccc6n(-c6ccccc6)c5c5ccccc45)cc3)cc21.CC1(C)c2ccccc2-c2ccc(-n3c4ccccc4c4cc(-c5ccccc5)c5ccccc5c43)cc21.c1ccc(-n2c3ccccc3c3cc(-c4ccc(-c5cccc6ccccc56)cc4)c4ccccc4c32)cc1. The molecule has 0 amide bonds. The summed E-state index contributed by atoms with van der Waals surface area (Å²) < 4.78 is 7.33. The summed E-state index contributed by atoms with van der Waals surface area (Å²) in [6.07, 6.45) is 0. The average molecular weight is 1540 g/mol. The van der Waals surface area contributed by atoms with Crippen LogP contribution in [0.1, 0.15) is 49.9 Å². The standard InChI is InChI=1S/C43H31N.C38H25N.C37H27N/c1-43(2)39-18-10-8-15-33(39)34-25-24-30(26-40(34)43)28-20-22-29(23-21-28)37-27-38-35-16-9-11-19-41(35)44(31-12-4-3-5-13-31)42(38)36-17-7-6-14-32(36)37;1-2-13-29(14-3-1)39-37-20-9-8-17-33(37)36-25-35(32-16-6-7-18-34(32)38(36)39)28-23-21-27(22-24-28)31-19-10-12-26-11-4-5-15-30(26)31;1-37(2)33-18-10-8-15-27(33)28-21-20-25(22-34(28)37)38-35-19-11-9-16-29(35)32-23-31(24-12-4-3-5-13-24)26-14-6-7-17-30(26)36(32)38/h3-27H,1-2H3;1-25H;3-23H,1-2H3. The van der Waals surface area contributed by atoms with Gasteiger partial charge in [-0.15, -0.1) is 0 Å². The normalized spacial score (nSPS) is 12.9. The first-order valence-corrected chi connectivity index (χ1v) is 42.3. The van der Waals surface area contributed by atoms with Gasteiger partial charge in [-0.25, -0.2) is 0 Å². The fraction of sp³-hybridized carbons (Fsp3) is 0.0508. The van der Waals surface area contributed by atoms with Crippen LogP contribution in [0.3, 0.4) is 0 Å². The lowest BCUT2D eigenvalue weighted by atomic mass is 9.81. The number of benzene rings is 20. The Hall–Kier alpha value is -15.2. The van der Waals surface area contributed by atoms with Gasteiger partial charge in [0.15, 0.2) is 0 Å². The van der Waals surface area contributed by atoms with E-state index in [4.69, 9.17) is 0 Å². The zero-order valence-electron chi connectivity index (χ0n) is 67.8. The van der Waals surface area contributed by atoms with E-state index in [1.165, 1.54) is 226 Å². The molecule has 2 aliphatic rings. The van der Waals surface area contributed by atoms with Crippen molar-refractivity contribution in [1.29, 1.82) is 0 Å². The summed E-state index contributed by atoms with van der Waals surface area (Å²) in [7, 11) is 0. The van der Waals surface area contributed by atoms with E-state index in [-0.39, 0.29) is 10.8 Å². The van der Waals surface area contributed by atoms with Crippen molar-refractivity contribution < 1.29 is 0 Å². The lowest BCUT2D eigenvalue weighted by Crippen LogP contribution is -2.15. The van der Waals surface area contributed by atoms with Crippen molar-refractivity contribution in [3.8, 4) is 95.0 Å². The van der Waals surface area contributed by atoms with Crippen molar-refractivity contribution in [2.45, 2.75) is 38.5 Å². The second-order valence-corrected chi connectivity index (χ2v) is 33.7. The van der Waals surface area contributed by atoms with Gasteiger partial charge in [0.2, 0.25) is 0 Å². The first-order valence-electron chi connectivity index (χ1n) is 42.3. The van der Waals surface area contributed by atoms with Crippen LogP contribution in [-0.4, -0.2) is 13.7 Å². The van der Waals surface area contributed by atoms with Crippen molar-refractivity contribution in [2.75, 3.05) is 0 Å². The molecule has 0 atom stereocenters. The molecule has 3 heterocycles. The first-order chi connectivity index (χ1) is 59.6. The lowest BCUT2D eigenvalue weighted by molar-refractivity contribution is 0.660. The third-order valence-corrected chi connectivity index (χ3v) is 26.4. The van der Waals surface area contributed by atoms with Crippen LogP contribution in [0.2, 0.25) is 0 Å². The zero-order valence-corrected chi connectivity index (χ0v) is 67.8. The first kappa shape index (κ1) is 71.2. The molecule has 0 aliphatic heterocycles. The molecule has 0 N–H and O–H groups in total. The van der Waals surface area contributed by atoms with E-state index in [1.54, 1.807) is 0 Å². The minimum atomic E-state index is -0.0384. The van der Waals surface area contributed by atoms with Crippen LogP contribution in [0, 0.1) is 0 Å². The zero-order chi connectivity index (χ0) is 80.6. The van der Waals surface area contributed by atoms with Gasteiger partial charge in [-0.3, -0.25) is 0 Å². The molecular weight excluding hydrogens is 1460 g/mol. The number of hydrogen-bond acceptors (Lipinski definition) is 0. The van der Waals surface area contributed by atoms with Gasteiger partial charge in [0.1, 0.15) is 0 Å².